The van der Waals surface area contributed by atoms with Gasteiger partial charge in [0.2, 0.25) is 0 Å². The van der Waals surface area contributed by atoms with Gasteiger partial charge in [0.25, 0.3) is 10.0 Å². The smallest absolute Gasteiger partial charge is 0.320 e. The van der Waals surface area contributed by atoms with Gasteiger partial charge in [0, 0.05) is 48.4 Å². The van der Waals surface area contributed by atoms with Crippen LogP contribution in [-0.4, -0.2) is 47.2 Å². The quantitative estimate of drug-likeness (QED) is 0.571. The van der Waals surface area contributed by atoms with Gasteiger partial charge in [-0.3, -0.25) is 15.1 Å². The lowest BCUT2D eigenvalue weighted by atomic mass is 9.99. The van der Waals surface area contributed by atoms with Gasteiger partial charge in [-0.25, -0.2) is 18.2 Å². The van der Waals surface area contributed by atoms with Crippen LogP contribution in [0.2, 0.25) is 0 Å². The highest BCUT2D eigenvalue weighted by Gasteiger charge is 2.23. The number of urea groups is 1. The highest BCUT2D eigenvalue weighted by Crippen LogP contribution is 2.31. The van der Waals surface area contributed by atoms with Crippen LogP contribution in [0.1, 0.15) is 18.9 Å². The van der Waals surface area contributed by atoms with E-state index in [-0.39, 0.29) is 11.4 Å². The molecule has 3 aromatic rings. The third kappa shape index (κ3) is 4.07. The first-order valence-electron chi connectivity index (χ1n) is 10.1. The van der Waals surface area contributed by atoms with Crippen molar-refractivity contribution >= 4 is 21.9 Å². The summed E-state index contributed by atoms with van der Waals surface area (Å²) in [4.78, 5) is 21.9. The van der Waals surface area contributed by atoms with Crippen molar-refractivity contribution in [3.63, 3.8) is 0 Å². The first kappa shape index (κ1) is 21.9. The SMILES string of the molecule is CCN(O)S(=O)(=O)c1cccc(-c2cncc(-c3cnc4c(c3)CCCN4C(N)=O)c2)c1. The number of sulfonamides is 1. The second-order valence-corrected chi connectivity index (χ2v) is 9.28. The average molecular weight is 454 g/mol. The number of amides is 2. The molecule has 0 fully saturated rings. The van der Waals surface area contributed by atoms with Crippen LogP contribution >= 0.6 is 0 Å². The van der Waals surface area contributed by atoms with E-state index in [1.807, 2.05) is 12.1 Å². The van der Waals surface area contributed by atoms with Gasteiger partial charge in [-0.1, -0.05) is 16.6 Å². The fraction of sp³-hybridized carbons (Fsp3) is 0.227. The summed E-state index contributed by atoms with van der Waals surface area (Å²) in [6, 6.07) is 9.70. The number of nitrogens with two attached hydrogens (primary N) is 1. The molecule has 0 saturated carbocycles. The van der Waals surface area contributed by atoms with Gasteiger partial charge in [-0.2, -0.15) is 0 Å². The number of rotatable bonds is 5. The van der Waals surface area contributed by atoms with E-state index in [1.54, 1.807) is 37.6 Å². The number of primary amides is 1. The Hall–Kier alpha value is -3.34. The molecule has 1 aliphatic rings. The van der Waals surface area contributed by atoms with Crippen molar-refractivity contribution in [2.45, 2.75) is 24.7 Å². The van der Waals surface area contributed by atoms with Crippen LogP contribution in [-0.2, 0) is 16.4 Å². The van der Waals surface area contributed by atoms with Crippen LogP contribution in [0.5, 0.6) is 0 Å². The number of aromatic nitrogens is 2. The molecule has 0 spiro atoms. The number of fused-ring (bicyclic) bond motifs is 1. The van der Waals surface area contributed by atoms with Crippen molar-refractivity contribution in [2.75, 3.05) is 18.0 Å². The van der Waals surface area contributed by atoms with Crippen molar-refractivity contribution in [2.24, 2.45) is 5.73 Å². The van der Waals surface area contributed by atoms with E-state index in [4.69, 9.17) is 5.73 Å². The van der Waals surface area contributed by atoms with E-state index in [0.29, 0.717) is 22.4 Å². The number of anilines is 1. The molecule has 0 saturated heterocycles. The zero-order chi connectivity index (χ0) is 22.9. The largest absolute Gasteiger partial charge is 0.351 e. The van der Waals surface area contributed by atoms with Crippen LogP contribution in [0.3, 0.4) is 0 Å². The molecule has 4 rings (SSSR count). The minimum atomic E-state index is -3.99. The molecule has 166 valence electrons. The van der Waals surface area contributed by atoms with E-state index in [2.05, 4.69) is 9.97 Å². The van der Waals surface area contributed by atoms with Crippen LogP contribution < -0.4 is 10.6 Å². The minimum absolute atomic E-state index is 0.00764. The molecule has 0 radical (unpaired) electrons. The molecule has 1 aromatic carbocycles. The Kier molecular flexibility index (Phi) is 5.92. The van der Waals surface area contributed by atoms with E-state index < -0.39 is 16.1 Å². The summed E-state index contributed by atoms with van der Waals surface area (Å²) in [6.07, 6.45) is 6.62. The molecular weight excluding hydrogens is 430 g/mol. The summed E-state index contributed by atoms with van der Waals surface area (Å²) in [6.45, 7) is 2.04. The molecule has 0 aliphatic carbocycles. The van der Waals surface area contributed by atoms with Crippen molar-refractivity contribution in [3.8, 4) is 22.3 Å². The average Bonchev–Trinajstić information content (AvgIpc) is 2.82. The second kappa shape index (κ2) is 8.65. The molecule has 10 heteroatoms. The van der Waals surface area contributed by atoms with E-state index in [0.717, 1.165) is 35.1 Å². The first-order valence-corrected chi connectivity index (χ1v) is 11.6. The fourth-order valence-electron chi connectivity index (χ4n) is 3.72. The monoisotopic (exact) mass is 453 g/mol. The van der Waals surface area contributed by atoms with Crippen LogP contribution in [0.15, 0.2) is 59.9 Å². The minimum Gasteiger partial charge on any atom is -0.351 e. The summed E-state index contributed by atoms with van der Waals surface area (Å²) >= 11 is 0. The highest BCUT2D eigenvalue weighted by atomic mass is 32.2. The molecule has 2 amide bonds. The Balaban J connectivity index is 1.70. The van der Waals surface area contributed by atoms with Crippen molar-refractivity contribution < 1.29 is 18.4 Å². The molecule has 0 bridgehead atoms. The number of carbonyl (C=O) groups is 1. The predicted molar refractivity (Wildman–Crippen MR) is 120 cm³/mol. The molecule has 0 atom stereocenters. The summed E-state index contributed by atoms with van der Waals surface area (Å²) in [5, 5.41) is 9.74. The lowest BCUT2D eigenvalue weighted by Gasteiger charge is -2.26. The molecule has 1 aliphatic heterocycles. The number of pyridine rings is 2. The molecular formula is C22H23N5O4S. The van der Waals surface area contributed by atoms with E-state index >= 15 is 0 Å². The topological polar surface area (TPSA) is 130 Å². The number of carbonyl (C=O) groups excluding carboxylic acids is 1. The maximum Gasteiger partial charge on any atom is 0.320 e. The molecule has 3 heterocycles. The van der Waals surface area contributed by atoms with Crippen molar-refractivity contribution in [1.82, 2.24) is 14.4 Å². The van der Waals surface area contributed by atoms with Crippen LogP contribution in [0.25, 0.3) is 22.3 Å². The molecule has 2 aromatic heterocycles. The number of nitrogens with zero attached hydrogens (tertiary/aromatic N) is 4. The van der Waals surface area contributed by atoms with Gasteiger partial charge in [0.15, 0.2) is 0 Å². The summed E-state index contributed by atoms with van der Waals surface area (Å²) < 4.78 is 25.2. The fourth-order valence-corrected chi connectivity index (χ4v) is 4.83. The number of benzene rings is 1. The predicted octanol–water partition coefficient (Wildman–Crippen LogP) is 3.04. The summed E-state index contributed by atoms with van der Waals surface area (Å²) in [5.41, 5.74) is 9.41. The van der Waals surface area contributed by atoms with Gasteiger partial charge in [0.1, 0.15) is 5.82 Å². The molecule has 32 heavy (non-hydrogen) atoms. The first-order chi connectivity index (χ1) is 15.3. The zero-order valence-corrected chi connectivity index (χ0v) is 18.3. The Morgan fingerprint density at radius 3 is 2.56 bits per heavy atom. The summed E-state index contributed by atoms with van der Waals surface area (Å²) in [7, 11) is -3.99. The third-order valence-corrected chi connectivity index (χ3v) is 7.04. The highest BCUT2D eigenvalue weighted by molar-refractivity contribution is 7.89. The molecule has 0 unspecified atom stereocenters. The summed E-state index contributed by atoms with van der Waals surface area (Å²) in [5.74, 6) is 0.582. The number of hydroxylamine groups is 1. The van der Waals surface area contributed by atoms with Crippen LogP contribution in [0.4, 0.5) is 10.6 Å². The van der Waals surface area contributed by atoms with E-state index in [9.17, 15) is 18.4 Å². The van der Waals surface area contributed by atoms with E-state index in [1.165, 1.54) is 17.0 Å². The van der Waals surface area contributed by atoms with Crippen molar-refractivity contribution in [3.05, 3.63) is 60.6 Å². The Morgan fingerprint density at radius 2 is 1.84 bits per heavy atom. The standard InChI is InChI=1S/C22H23N5O4S/c1-2-27(29)32(30,31)20-7-3-5-15(11-20)17-10-18(13-24-12-17)19-9-16-6-4-8-26(22(23)28)21(16)25-14-19/h3,5,7,9-14,29H,2,4,6,8H2,1H3,(H2,23,28). The Morgan fingerprint density at radius 1 is 1.12 bits per heavy atom. The second-order valence-electron chi connectivity index (χ2n) is 7.43. The maximum absolute atomic E-state index is 12.5. The van der Waals surface area contributed by atoms with Gasteiger partial charge < -0.3 is 5.73 Å². The molecule has 3 N–H and O–H groups in total. The number of hydrogen-bond acceptors (Lipinski definition) is 6. The van der Waals surface area contributed by atoms with Gasteiger partial charge in [-0.15, -0.1) is 0 Å². The third-order valence-electron chi connectivity index (χ3n) is 5.38. The van der Waals surface area contributed by atoms with Gasteiger partial charge in [-0.05, 0) is 55.2 Å². The lowest BCUT2D eigenvalue weighted by molar-refractivity contribution is 0.00858. The van der Waals surface area contributed by atoms with Gasteiger partial charge in [0.05, 0.1) is 4.90 Å². The number of hydrogen-bond donors (Lipinski definition) is 2. The van der Waals surface area contributed by atoms with Crippen molar-refractivity contribution in [1.29, 1.82) is 0 Å². The zero-order valence-electron chi connectivity index (χ0n) is 17.5. The molecule has 9 nitrogen and oxygen atoms in total. The maximum atomic E-state index is 12.5. The van der Waals surface area contributed by atoms with Gasteiger partial charge >= 0.3 is 6.03 Å². The Labute approximate surface area is 186 Å². The number of aryl methyl sites for hydroxylation is 1. The van der Waals surface area contributed by atoms with Crippen LogP contribution in [0, 0.1) is 0 Å². The normalized spacial score (nSPS) is 13.8. The lowest BCUT2D eigenvalue weighted by Crippen LogP contribution is -2.40. The Bertz CT molecular complexity index is 1280.